The highest BCUT2D eigenvalue weighted by molar-refractivity contribution is 7.10. The van der Waals surface area contributed by atoms with Crippen molar-refractivity contribution in [2.45, 2.75) is 38.8 Å². The first kappa shape index (κ1) is 18.5. The molecule has 2 amide bonds. The van der Waals surface area contributed by atoms with Gasteiger partial charge in [0.2, 0.25) is 5.91 Å². The number of oxime groups is 1. The number of nitrogens with zero attached hydrogens (tertiary/aromatic N) is 3. The molecule has 1 fully saturated rings. The van der Waals surface area contributed by atoms with Crippen molar-refractivity contribution in [2.75, 3.05) is 7.11 Å². The molecule has 2 N–H and O–H groups in total. The van der Waals surface area contributed by atoms with E-state index in [1.165, 1.54) is 29.8 Å². The Labute approximate surface area is 158 Å². The lowest BCUT2D eigenvalue weighted by atomic mass is 9.80. The van der Waals surface area contributed by atoms with Gasteiger partial charge in [0.25, 0.3) is 5.91 Å². The number of β-lactam (4-membered cyclic amide) rings is 1. The number of amides is 2. The summed E-state index contributed by atoms with van der Waals surface area (Å²) >= 11 is 2.94. The summed E-state index contributed by atoms with van der Waals surface area (Å²) in [5.41, 5.74) is 0.431. The molecule has 10 heteroatoms. The van der Waals surface area contributed by atoms with Crippen molar-refractivity contribution >= 4 is 40.2 Å². The van der Waals surface area contributed by atoms with E-state index in [4.69, 9.17) is 4.84 Å². The van der Waals surface area contributed by atoms with Crippen LogP contribution in [0, 0.1) is 6.92 Å². The van der Waals surface area contributed by atoms with E-state index in [2.05, 4.69) is 25.8 Å². The zero-order chi connectivity index (χ0) is 18.9. The molecule has 0 aliphatic carbocycles. The van der Waals surface area contributed by atoms with Crippen LogP contribution < -0.4 is 10.6 Å². The maximum atomic E-state index is 12.7. The summed E-state index contributed by atoms with van der Waals surface area (Å²) in [7, 11) is 1.36. The smallest absolute Gasteiger partial charge is 0.276 e. The first-order valence-corrected chi connectivity index (χ1v) is 9.76. The van der Waals surface area contributed by atoms with Crippen molar-refractivity contribution in [1.29, 1.82) is 0 Å². The summed E-state index contributed by atoms with van der Waals surface area (Å²) in [4.78, 5) is 38.5. The van der Waals surface area contributed by atoms with Crippen LogP contribution in [0.15, 0.2) is 15.9 Å². The third-order valence-electron chi connectivity index (χ3n) is 4.14. The second-order valence-corrected chi connectivity index (χ2v) is 7.96. The lowest BCUT2D eigenvalue weighted by Crippen LogP contribution is -2.75. The van der Waals surface area contributed by atoms with E-state index in [0.29, 0.717) is 5.69 Å². The molecule has 1 aliphatic rings. The Morgan fingerprint density at radius 3 is 2.73 bits per heavy atom. The summed E-state index contributed by atoms with van der Waals surface area (Å²) in [5, 5.41) is 14.8. The first-order chi connectivity index (χ1) is 12.4. The molecular formula is C16H19N5O3S2. The number of aryl methyl sites for hydroxylation is 2. The van der Waals surface area contributed by atoms with Gasteiger partial charge in [0.15, 0.2) is 5.71 Å². The minimum Gasteiger partial charge on any atom is -0.398 e. The molecule has 26 heavy (non-hydrogen) atoms. The van der Waals surface area contributed by atoms with Crippen molar-refractivity contribution in [1.82, 2.24) is 20.6 Å². The predicted molar refractivity (Wildman–Crippen MR) is 99.3 cm³/mol. The van der Waals surface area contributed by atoms with E-state index < -0.39 is 17.5 Å². The van der Waals surface area contributed by atoms with Gasteiger partial charge < -0.3 is 15.5 Å². The summed E-state index contributed by atoms with van der Waals surface area (Å²) < 4.78 is 0. The van der Waals surface area contributed by atoms with Gasteiger partial charge in [0.05, 0.1) is 15.7 Å². The van der Waals surface area contributed by atoms with Gasteiger partial charge in [-0.25, -0.2) is 9.97 Å². The SMILES string of the molecule is CCc1nc(/C(=N\OC)C(=O)N[C@@H]2C(=O)N[C@]2(C)c2csc(C)n2)cs1. The highest BCUT2D eigenvalue weighted by Gasteiger charge is 2.53. The fourth-order valence-electron chi connectivity index (χ4n) is 2.69. The molecule has 1 aliphatic heterocycles. The average Bonchev–Trinajstić information content (AvgIpc) is 3.26. The van der Waals surface area contributed by atoms with Crippen LogP contribution in [-0.2, 0) is 26.4 Å². The lowest BCUT2D eigenvalue weighted by molar-refractivity contribution is -0.140. The van der Waals surface area contributed by atoms with Gasteiger partial charge >= 0.3 is 0 Å². The number of rotatable bonds is 6. The predicted octanol–water partition coefficient (Wildman–Crippen LogP) is 1.35. The van der Waals surface area contributed by atoms with Gasteiger partial charge in [-0.05, 0) is 20.3 Å². The van der Waals surface area contributed by atoms with Gasteiger partial charge in [-0.3, -0.25) is 9.59 Å². The number of aromatic nitrogens is 2. The molecule has 3 heterocycles. The average molecular weight is 393 g/mol. The van der Waals surface area contributed by atoms with Crippen molar-refractivity contribution in [3.05, 3.63) is 32.2 Å². The first-order valence-electron chi connectivity index (χ1n) is 8.00. The minimum absolute atomic E-state index is 0.0416. The third-order valence-corrected chi connectivity index (χ3v) is 5.91. The molecule has 0 radical (unpaired) electrons. The maximum absolute atomic E-state index is 12.7. The summed E-state index contributed by atoms with van der Waals surface area (Å²) in [6.07, 6.45) is 0.763. The summed E-state index contributed by atoms with van der Waals surface area (Å²) in [6, 6.07) is -0.747. The maximum Gasteiger partial charge on any atom is 0.276 e. The van der Waals surface area contributed by atoms with E-state index in [0.717, 1.165) is 22.1 Å². The van der Waals surface area contributed by atoms with E-state index in [1.54, 1.807) is 5.38 Å². The van der Waals surface area contributed by atoms with Crippen LogP contribution in [0.2, 0.25) is 0 Å². The van der Waals surface area contributed by atoms with E-state index in [9.17, 15) is 9.59 Å². The van der Waals surface area contributed by atoms with Gasteiger partial charge in [-0.1, -0.05) is 12.1 Å². The van der Waals surface area contributed by atoms with Crippen LogP contribution in [0.25, 0.3) is 0 Å². The van der Waals surface area contributed by atoms with Gasteiger partial charge in [0, 0.05) is 10.8 Å². The molecule has 0 spiro atoms. The van der Waals surface area contributed by atoms with Crippen LogP contribution in [-0.4, -0.2) is 40.6 Å². The zero-order valence-corrected chi connectivity index (χ0v) is 16.5. The van der Waals surface area contributed by atoms with Crippen molar-refractivity contribution in [3.8, 4) is 0 Å². The van der Waals surface area contributed by atoms with Gasteiger partial charge in [-0.2, -0.15) is 0 Å². The Morgan fingerprint density at radius 1 is 1.42 bits per heavy atom. The largest absolute Gasteiger partial charge is 0.398 e. The number of hydrogen-bond donors (Lipinski definition) is 2. The van der Waals surface area contributed by atoms with Gasteiger partial charge in [0.1, 0.15) is 24.4 Å². The summed E-state index contributed by atoms with van der Waals surface area (Å²) in [5.74, 6) is -0.784. The molecule has 0 aromatic carbocycles. The Hall–Kier alpha value is -2.33. The van der Waals surface area contributed by atoms with Crippen LogP contribution in [0.4, 0.5) is 0 Å². The summed E-state index contributed by atoms with van der Waals surface area (Å²) in [6.45, 7) is 5.71. The second kappa shape index (κ2) is 7.12. The standard InChI is InChI=1S/C16H19N5O3S2/c1-5-11-18-9(6-26-11)12(21-24-4)14(22)19-13-15(23)20-16(13,3)10-7-25-8(2)17-10/h6-7,13H,5H2,1-4H3,(H,19,22)(H,20,23)/b21-12+/t13-,16-/m1/s1. The third kappa shape index (κ3) is 3.21. The fraction of sp³-hybridized carbons (Fsp3) is 0.438. The number of thiazole rings is 2. The molecule has 0 bridgehead atoms. The van der Waals surface area contributed by atoms with Crippen LogP contribution in [0.3, 0.4) is 0 Å². The van der Waals surface area contributed by atoms with E-state index in [-0.39, 0.29) is 11.6 Å². The number of carbonyl (C=O) groups excluding carboxylic acids is 2. The van der Waals surface area contributed by atoms with E-state index >= 15 is 0 Å². The normalized spacial score (nSPS) is 22.5. The lowest BCUT2D eigenvalue weighted by Gasteiger charge is -2.45. The second-order valence-electron chi connectivity index (χ2n) is 5.95. The van der Waals surface area contributed by atoms with Crippen molar-refractivity contribution in [3.63, 3.8) is 0 Å². The number of nitrogens with one attached hydrogen (secondary N) is 2. The Balaban J connectivity index is 1.82. The van der Waals surface area contributed by atoms with Crippen LogP contribution in [0.1, 0.15) is 35.3 Å². The zero-order valence-electron chi connectivity index (χ0n) is 14.8. The molecule has 1 saturated heterocycles. The molecule has 8 nitrogen and oxygen atoms in total. The molecular weight excluding hydrogens is 374 g/mol. The van der Waals surface area contributed by atoms with E-state index in [1.807, 2.05) is 26.2 Å². The quantitative estimate of drug-likeness (QED) is 0.438. The molecule has 2 atom stereocenters. The number of carbonyl (C=O) groups is 2. The highest BCUT2D eigenvalue weighted by Crippen LogP contribution is 2.32. The number of hydrogen-bond acceptors (Lipinski definition) is 8. The van der Waals surface area contributed by atoms with Crippen molar-refractivity contribution in [2.24, 2.45) is 5.16 Å². The van der Waals surface area contributed by atoms with Crippen LogP contribution in [0.5, 0.6) is 0 Å². The minimum atomic E-state index is -0.758. The fourth-order valence-corrected chi connectivity index (χ4v) is 4.15. The molecule has 138 valence electrons. The highest BCUT2D eigenvalue weighted by atomic mass is 32.1. The Morgan fingerprint density at radius 2 is 2.19 bits per heavy atom. The monoisotopic (exact) mass is 393 g/mol. The molecule has 2 aromatic rings. The Kier molecular flexibility index (Phi) is 5.05. The topological polar surface area (TPSA) is 106 Å². The Bertz CT molecular complexity index is 875. The molecule has 3 rings (SSSR count). The molecule has 0 unspecified atom stereocenters. The molecule has 2 aromatic heterocycles. The van der Waals surface area contributed by atoms with Gasteiger partial charge in [-0.15, -0.1) is 22.7 Å². The van der Waals surface area contributed by atoms with Crippen LogP contribution >= 0.6 is 22.7 Å². The van der Waals surface area contributed by atoms with Crippen molar-refractivity contribution < 1.29 is 14.4 Å². The molecule has 0 saturated carbocycles.